The number of amides is 1. The van der Waals surface area contributed by atoms with Crippen LogP contribution in [0.4, 0.5) is 9.59 Å². The predicted octanol–water partition coefficient (Wildman–Crippen LogP) is 2.03. The summed E-state index contributed by atoms with van der Waals surface area (Å²) >= 11 is 0. The molecule has 0 radical (unpaired) electrons. The Morgan fingerprint density at radius 2 is 1.76 bits per heavy atom. The molecule has 6 heteroatoms. The molecule has 0 aliphatic carbocycles. The van der Waals surface area contributed by atoms with E-state index in [-0.39, 0.29) is 19.8 Å². The molecule has 0 aromatic heterocycles. The first-order valence-electron chi connectivity index (χ1n) is 5.79. The highest BCUT2D eigenvalue weighted by atomic mass is 16.7. The Labute approximate surface area is 102 Å². The van der Waals surface area contributed by atoms with Gasteiger partial charge in [0.15, 0.2) is 0 Å². The first-order chi connectivity index (χ1) is 8.11. The van der Waals surface area contributed by atoms with Crippen LogP contribution in [0.2, 0.25) is 0 Å². The van der Waals surface area contributed by atoms with Gasteiger partial charge in [-0.05, 0) is 13.3 Å². The number of nitrogens with zero attached hydrogens (tertiary/aromatic N) is 1. The molecule has 0 heterocycles. The molecule has 17 heavy (non-hydrogen) atoms. The van der Waals surface area contributed by atoms with Gasteiger partial charge in [0.05, 0.1) is 19.8 Å². The van der Waals surface area contributed by atoms with Crippen molar-refractivity contribution < 1.29 is 23.8 Å². The smallest absolute Gasteiger partial charge is 0.449 e. The summed E-state index contributed by atoms with van der Waals surface area (Å²) in [5, 5.41) is 0. The van der Waals surface area contributed by atoms with E-state index in [1.54, 1.807) is 14.0 Å². The fraction of sp³-hybridized carbons (Fsp3) is 0.818. The minimum absolute atomic E-state index is 0.0954. The van der Waals surface area contributed by atoms with Gasteiger partial charge in [0, 0.05) is 7.05 Å². The molecule has 0 N–H and O–H groups in total. The van der Waals surface area contributed by atoms with Crippen LogP contribution in [-0.4, -0.2) is 50.6 Å². The van der Waals surface area contributed by atoms with Crippen LogP contribution in [0.1, 0.15) is 26.7 Å². The highest BCUT2D eigenvalue weighted by Gasteiger charge is 2.10. The lowest BCUT2D eigenvalue weighted by atomic mass is 10.4. The SMILES string of the molecule is CCCCOC(=O)N(C)CCOC(=O)OCC. The molecule has 0 spiro atoms. The predicted molar refractivity (Wildman–Crippen MR) is 61.9 cm³/mol. The molecule has 0 aromatic rings. The van der Waals surface area contributed by atoms with Crippen LogP contribution in [0.3, 0.4) is 0 Å². The van der Waals surface area contributed by atoms with Crippen molar-refractivity contribution in [1.29, 1.82) is 0 Å². The molecular formula is C11H21NO5. The summed E-state index contributed by atoms with van der Waals surface area (Å²) in [7, 11) is 1.59. The second-order valence-electron chi connectivity index (χ2n) is 3.42. The van der Waals surface area contributed by atoms with Gasteiger partial charge in [0.25, 0.3) is 0 Å². The van der Waals surface area contributed by atoms with Crippen LogP contribution in [0, 0.1) is 0 Å². The van der Waals surface area contributed by atoms with Gasteiger partial charge in [-0.25, -0.2) is 9.59 Å². The Kier molecular flexibility index (Phi) is 8.91. The molecule has 0 aromatic carbocycles. The first kappa shape index (κ1) is 15.5. The van der Waals surface area contributed by atoms with Crippen LogP contribution in [0.15, 0.2) is 0 Å². The standard InChI is InChI=1S/C11H21NO5/c1-4-6-8-16-10(13)12(3)7-9-17-11(14)15-5-2/h4-9H2,1-3H3. The largest absolute Gasteiger partial charge is 0.508 e. The van der Waals surface area contributed by atoms with Crippen molar-refractivity contribution in [2.45, 2.75) is 26.7 Å². The second-order valence-corrected chi connectivity index (χ2v) is 3.42. The Bertz CT molecular complexity index is 232. The van der Waals surface area contributed by atoms with Crippen LogP contribution >= 0.6 is 0 Å². The molecule has 1 amide bonds. The summed E-state index contributed by atoms with van der Waals surface area (Å²) < 4.78 is 14.3. The van der Waals surface area contributed by atoms with E-state index in [0.717, 1.165) is 12.8 Å². The minimum atomic E-state index is -0.722. The van der Waals surface area contributed by atoms with E-state index < -0.39 is 12.2 Å². The number of hydrogen-bond donors (Lipinski definition) is 0. The summed E-state index contributed by atoms with van der Waals surface area (Å²) in [4.78, 5) is 23.5. The number of hydrogen-bond acceptors (Lipinski definition) is 5. The fourth-order valence-corrected chi connectivity index (χ4v) is 0.931. The summed E-state index contributed by atoms with van der Waals surface area (Å²) in [6, 6.07) is 0. The fourth-order valence-electron chi connectivity index (χ4n) is 0.931. The number of rotatable bonds is 7. The molecule has 0 saturated carbocycles. The molecular weight excluding hydrogens is 226 g/mol. The maximum Gasteiger partial charge on any atom is 0.508 e. The average Bonchev–Trinajstić information content (AvgIpc) is 2.29. The van der Waals surface area contributed by atoms with Crippen molar-refractivity contribution in [2.24, 2.45) is 0 Å². The van der Waals surface area contributed by atoms with Crippen molar-refractivity contribution in [3.8, 4) is 0 Å². The minimum Gasteiger partial charge on any atom is -0.449 e. The lowest BCUT2D eigenvalue weighted by Gasteiger charge is -2.16. The number of ether oxygens (including phenoxy) is 3. The second kappa shape index (κ2) is 9.74. The zero-order valence-corrected chi connectivity index (χ0v) is 10.7. The zero-order valence-electron chi connectivity index (χ0n) is 10.7. The Morgan fingerprint density at radius 1 is 1.06 bits per heavy atom. The topological polar surface area (TPSA) is 65.1 Å². The lowest BCUT2D eigenvalue weighted by Crippen LogP contribution is -2.31. The number of unbranched alkanes of at least 4 members (excludes halogenated alkanes) is 1. The third-order valence-electron chi connectivity index (χ3n) is 1.94. The van der Waals surface area contributed by atoms with Crippen LogP contribution in [0.25, 0.3) is 0 Å². The van der Waals surface area contributed by atoms with Gasteiger partial charge in [0.1, 0.15) is 6.61 Å². The van der Waals surface area contributed by atoms with Gasteiger partial charge in [-0.2, -0.15) is 0 Å². The monoisotopic (exact) mass is 247 g/mol. The van der Waals surface area contributed by atoms with Crippen LogP contribution < -0.4 is 0 Å². The molecule has 0 saturated heterocycles. The van der Waals surface area contributed by atoms with E-state index >= 15 is 0 Å². The Hall–Kier alpha value is -1.46. The number of carbonyl (C=O) groups excluding carboxylic acids is 2. The molecule has 0 bridgehead atoms. The molecule has 0 aliphatic heterocycles. The van der Waals surface area contributed by atoms with E-state index in [1.807, 2.05) is 6.92 Å². The van der Waals surface area contributed by atoms with Crippen molar-refractivity contribution in [3.05, 3.63) is 0 Å². The average molecular weight is 247 g/mol. The van der Waals surface area contributed by atoms with E-state index in [9.17, 15) is 9.59 Å². The van der Waals surface area contributed by atoms with Crippen molar-refractivity contribution >= 4 is 12.2 Å². The first-order valence-corrected chi connectivity index (χ1v) is 5.79. The summed E-state index contributed by atoms with van der Waals surface area (Å²) in [5.41, 5.74) is 0. The van der Waals surface area contributed by atoms with Crippen molar-refractivity contribution in [1.82, 2.24) is 4.90 Å². The number of likely N-dealkylation sites (N-methyl/N-ethyl adjacent to an activating group) is 1. The van der Waals surface area contributed by atoms with E-state index in [4.69, 9.17) is 9.47 Å². The normalized spacial score (nSPS) is 9.59. The van der Waals surface area contributed by atoms with E-state index in [0.29, 0.717) is 6.61 Å². The maximum atomic E-state index is 11.4. The zero-order chi connectivity index (χ0) is 13.1. The van der Waals surface area contributed by atoms with Gasteiger partial charge in [0.2, 0.25) is 0 Å². The van der Waals surface area contributed by atoms with Gasteiger partial charge in [-0.15, -0.1) is 0 Å². The summed E-state index contributed by atoms with van der Waals surface area (Å²) in [6.45, 7) is 4.78. The molecule has 6 nitrogen and oxygen atoms in total. The highest BCUT2D eigenvalue weighted by Crippen LogP contribution is 1.95. The summed E-state index contributed by atoms with van der Waals surface area (Å²) in [5.74, 6) is 0. The van der Waals surface area contributed by atoms with E-state index in [2.05, 4.69) is 4.74 Å². The molecule has 0 rings (SSSR count). The molecule has 0 unspecified atom stereocenters. The van der Waals surface area contributed by atoms with Gasteiger partial charge >= 0.3 is 12.2 Å². The summed E-state index contributed by atoms with van der Waals surface area (Å²) in [6.07, 6.45) is 0.688. The quantitative estimate of drug-likeness (QED) is 0.508. The number of carbonyl (C=O) groups is 2. The van der Waals surface area contributed by atoms with E-state index in [1.165, 1.54) is 4.90 Å². The van der Waals surface area contributed by atoms with Crippen molar-refractivity contribution in [3.63, 3.8) is 0 Å². The molecule has 0 aliphatic rings. The molecule has 0 atom stereocenters. The van der Waals surface area contributed by atoms with Gasteiger partial charge in [-0.1, -0.05) is 13.3 Å². The maximum absolute atomic E-state index is 11.4. The highest BCUT2D eigenvalue weighted by molar-refractivity contribution is 5.67. The van der Waals surface area contributed by atoms with Gasteiger partial charge < -0.3 is 19.1 Å². The van der Waals surface area contributed by atoms with Crippen molar-refractivity contribution in [2.75, 3.05) is 33.4 Å². The Balaban J connectivity index is 3.59. The molecule has 0 fully saturated rings. The third-order valence-corrected chi connectivity index (χ3v) is 1.94. The Morgan fingerprint density at radius 3 is 2.35 bits per heavy atom. The molecule has 100 valence electrons. The van der Waals surface area contributed by atoms with Gasteiger partial charge in [-0.3, -0.25) is 0 Å². The van der Waals surface area contributed by atoms with Crippen LogP contribution in [-0.2, 0) is 14.2 Å². The third kappa shape index (κ3) is 8.36. The van der Waals surface area contributed by atoms with Crippen LogP contribution in [0.5, 0.6) is 0 Å². The lowest BCUT2D eigenvalue weighted by molar-refractivity contribution is 0.0498.